The van der Waals surface area contributed by atoms with Crippen LogP contribution in [0.4, 0.5) is 0 Å². The van der Waals surface area contributed by atoms with Gasteiger partial charge in [-0.3, -0.25) is 0 Å². The van der Waals surface area contributed by atoms with Gasteiger partial charge >= 0.3 is 0 Å². The van der Waals surface area contributed by atoms with Gasteiger partial charge in [-0.25, -0.2) is 4.98 Å². The number of aryl methyl sites for hydroxylation is 1. The predicted octanol–water partition coefficient (Wildman–Crippen LogP) is 3.69. The van der Waals surface area contributed by atoms with E-state index >= 15 is 0 Å². The molecule has 4 heteroatoms. The quantitative estimate of drug-likeness (QED) is 0.732. The van der Waals surface area contributed by atoms with Crippen molar-refractivity contribution in [1.82, 2.24) is 9.55 Å². The summed E-state index contributed by atoms with van der Waals surface area (Å²) in [7, 11) is 3.68. The van der Waals surface area contributed by atoms with E-state index in [4.69, 9.17) is 9.47 Å². The lowest BCUT2D eigenvalue weighted by Gasteiger charge is -2.21. The molecular weight excluding hydrogens is 276 g/mol. The molecule has 118 valence electrons. The maximum atomic E-state index is 6.05. The fraction of sp³-hybridized carbons (Fsp3) is 0.389. The van der Waals surface area contributed by atoms with E-state index in [0.29, 0.717) is 6.61 Å². The highest BCUT2D eigenvalue weighted by atomic mass is 16.5. The van der Waals surface area contributed by atoms with E-state index < -0.39 is 0 Å². The number of rotatable bonds is 7. The summed E-state index contributed by atoms with van der Waals surface area (Å²) < 4.78 is 13.3. The minimum atomic E-state index is 0.0411. The van der Waals surface area contributed by atoms with Gasteiger partial charge in [0.05, 0.1) is 25.7 Å². The molecule has 0 saturated carbocycles. The van der Waals surface area contributed by atoms with E-state index in [1.165, 1.54) is 0 Å². The molecule has 0 spiro atoms. The number of aromatic nitrogens is 2. The maximum Gasteiger partial charge on any atom is 0.118 e. The van der Waals surface area contributed by atoms with Crippen LogP contribution in [-0.2, 0) is 18.4 Å². The molecule has 2 atom stereocenters. The molecule has 1 aromatic carbocycles. The summed E-state index contributed by atoms with van der Waals surface area (Å²) in [6, 6.07) is 7.95. The first kappa shape index (κ1) is 16.3. The Morgan fingerprint density at radius 2 is 2.00 bits per heavy atom. The third-order valence-electron chi connectivity index (χ3n) is 3.73. The fourth-order valence-corrected chi connectivity index (χ4v) is 2.41. The van der Waals surface area contributed by atoms with Crippen LogP contribution >= 0.6 is 0 Å². The Kier molecular flexibility index (Phi) is 5.78. The van der Waals surface area contributed by atoms with Gasteiger partial charge < -0.3 is 14.0 Å². The smallest absolute Gasteiger partial charge is 0.118 e. The van der Waals surface area contributed by atoms with Crippen molar-refractivity contribution in [2.75, 3.05) is 7.11 Å². The Morgan fingerprint density at radius 1 is 1.27 bits per heavy atom. The summed E-state index contributed by atoms with van der Waals surface area (Å²) in [6.07, 6.45) is 8.01. The largest absolute Gasteiger partial charge is 0.497 e. The Morgan fingerprint density at radius 3 is 2.55 bits per heavy atom. The average Bonchev–Trinajstić information content (AvgIpc) is 2.96. The van der Waals surface area contributed by atoms with Crippen LogP contribution in [0.1, 0.15) is 31.2 Å². The molecule has 2 aromatic rings. The number of nitrogens with zero attached hydrogens (tertiary/aromatic N) is 2. The first-order valence-corrected chi connectivity index (χ1v) is 7.50. The monoisotopic (exact) mass is 300 g/mol. The molecule has 2 rings (SSSR count). The fourth-order valence-electron chi connectivity index (χ4n) is 2.41. The summed E-state index contributed by atoms with van der Waals surface area (Å²) in [4.78, 5) is 4.45. The molecule has 0 aliphatic rings. The van der Waals surface area contributed by atoms with Gasteiger partial charge in [0.15, 0.2) is 0 Å². The minimum absolute atomic E-state index is 0.0411. The van der Waals surface area contributed by atoms with Crippen molar-refractivity contribution < 1.29 is 9.47 Å². The molecule has 0 saturated heterocycles. The molecule has 0 amide bonds. The third kappa shape index (κ3) is 3.98. The molecular formula is C18H24N2O2. The van der Waals surface area contributed by atoms with Crippen molar-refractivity contribution in [3.05, 3.63) is 60.2 Å². The molecule has 0 aliphatic heterocycles. The third-order valence-corrected chi connectivity index (χ3v) is 3.73. The number of methoxy groups -OCH3 is 1. The number of hydrogen-bond acceptors (Lipinski definition) is 3. The van der Waals surface area contributed by atoms with Crippen LogP contribution in [0.25, 0.3) is 0 Å². The summed E-state index contributed by atoms with van der Waals surface area (Å²) in [5.41, 5.74) is 1.13. The van der Waals surface area contributed by atoms with Crippen molar-refractivity contribution >= 4 is 0 Å². The zero-order valence-corrected chi connectivity index (χ0v) is 13.7. The number of imidazole rings is 1. The van der Waals surface area contributed by atoms with Crippen molar-refractivity contribution in [3.63, 3.8) is 0 Å². The average molecular weight is 300 g/mol. The first-order valence-electron chi connectivity index (χ1n) is 7.50. The molecule has 0 bridgehead atoms. The van der Waals surface area contributed by atoms with E-state index in [9.17, 15) is 0 Å². The number of allylic oxidation sites excluding steroid dienone is 1. The van der Waals surface area contributed by atoms with Crippen molar-refractivity contribution in [2.24, 2.45) is 7.05 Å². The maximum absolute atomic E-state index is 6.05. The first-order chi connectivity index (χ1) is 10.7. The van der Waals surface area contributed by atoms with Gasteiger partial charge in [0.25, 0.3) is 0 Å². The molecule has 1 aromatic heterocycles. The Bertz CT molecular complexity index is 602. The summed E-state index contributed by atoms with van der Waals surface area (Å²) in [6.45, 7) is 4.68. The van der Waals surface area contributed by atoms with Gasteiger partial charge in [-0.1, -0.05) is 24.3 Å². The summed E-state index contributed by atoms with van der Waals surface area (Å²) >= 11 is 0. The lowest BCUT2D eigenvalue weighted by molar-refractivity contribution is 0.0418. The van der Waals surface area contributed by atoms with Crippen LogP contribution in [0.5, 0.6) is 5.75 Å². The standard InChI is InChI=1S/C18H24N2O2/c1-5-6-17(18-19-11-12-20(18)3)14(2)22-13-15-7-9-16(21-4)10-8-15/h5-12,14,17H,13H2,1-4H3/b6-5+/t14-,17?/m0/s1. The number of hydrogen-bond donors (Lipinski definition) is 0. The van der Waals surface area contributed by atoms with Crippen LogP contribution in [0.3, 0.4) is 0 Å². The van der Waals surface area contributed by atoms with Gasteiger partial charge in [-0.15, -0.1) is 0 Å². The second-order valence-electron chi connectivity index (χ2n) is 5.31. The second-order valence-corrected chi connectivity index (χ2v) is 5.31. The van der Waals surface area contributed by atoms with E-state index in [-0.39, 0.29) is 12.0 Å². The lowest BCUT2D eigenvalue weighted by atomic mass is 10.0. The van der Waals surface area contributed by atoms with Crippen LogP contribution in [-0.4, -0.2) is 22.8 Å². The lowest BCUT2D eigenvalue weighted by Crippen LogP contribution is -2.20. The molecule has 1 heterocycles. The van der Waals surface area contributed by atoms with Crippen molar-refractivity contribution in [1.29, 1.82) is 0 Å². The normalized spacial score (nSPS) is 14.2. The van der Waals surface area contributed by atoms with Crippen molar-refractivity contribution in [3.8, 4) is 5.75 Å². The highest BCUT2D eigenvalue weighted by Crippen LogP contribution is 2.23. The molecule has 4 nitrogen and oxygen atoms in total. The zero-order chi connectivity index (χ0) is 15.9. The van der Waals surface area contributed by atoms with E-state index in [1.54, 1.807) is 7.11 Å². The summed E-state index contributed by atoms with van der Waals surface area (Å²) in [5.74, 6) is 2.01. The highest BCUT2D eigenvalue weighted by molar-refractivity contribution is 5.26. The zero-order valence-electron chi connectivity index (χ0n) is 13.7. The molecule has 0 radical (unpaired) electrons. The molecule has 22 heavy (non-hydrogen) atoms. The topological polar surface area (TPSA) is 36.3 Å². The SMILES string of the molecule is C/C=C/C(c1nccn1C)[C@H](C)OCc1ccc(OC)cc1. The van der Waals surface area contributed by atoms with E-state index in [1.807, 2.05) is 61.3 Å². The minimum Gasteiger partial charge on any atom is -0.497 e. The van der Waals surface area contributed by atoms with Gasteiger partial charge in [0.1, 0.15) is 11.6 Å². The number of ether oxygens (including phenoxy) is 2. The van der Waals surface area contributed by atoms with Crippen LogP contribution in [0.15, 0.2) is 48.8 Å². The molecule has 1 unspecified atom stereocenters. The highest BCUT2D eigenvalue weighted by Gasteiger charge is 2.20. The predicted molar refractivity (Wildman–Crippen MR) is 88.0 cm³/mol. The van der Waals surface area contributed by atoms with E-state index in [2.05, 4.69) is 18.0 Å². The number of benzene rings is 1. The van der Waals surface area contributed by atoms with Crippen LogP contribution in [0.2, 0.25) is 0 Å². The van der Waals surface area contributed by atoms with Gasteiger partial charge in [0, 0.05) is 19.4 Å². The Balaban J connectivity index is 2.02. The van der Waals surface area contributed by atoms with Crippen molar-refractivity contribution in [2.45, 2.75) is 32.5 Å². The summed E-state index contributed by atoms with van der Waals surface area (Å²) in [5, 5.41) is 0. The Hall–Kier alpha value is -2.07. The van der Waals surface area contributed by atoms with Crippen LogP contribution < -0.4 is 4.74 Å². The molecule has 0 fully saturated rings. The Labute approximate surface area is 132 Å². The van der Waals surface area contributed by atoms with Crippen LogP contribution in [0, 0.1) is 0 Å². The van der Waals surface area contributed by atoms with Gasteiger partial charge in [-0.2, -0.15) is 0 Å². The molecule has 0 aliphatic carbocycles. The second kappa shape index (κ2) is 7.80. The molecule has 0 N–H and O–H groups in total. The van der Waals surface area contributed by atoms with E-state index in [0.717, 1.165) is 17.1 Å². The van der Waals surface area contributed by atoms with Gasteiger partial charge in [-0.05, 0) is 31.5 Å². The van der Waals surface area contributed by atoms with Gasteiger partial charge in [0.2, 0.25) is 0 Å².